The Labute approximate surface area is 241 Å². The number of halogens is 1. The molecule has 2 aliphatic heterocycles. The van der Waals surface area contributed by atoms with Crippen molar-refractivity contribution in [1.29, 1.82) is 0 Å². The molecule has 41 heavy (non-hydrogen) atoms. The first-order valence-corrected chi connectivity index (χ1v) is 13.3. The predicted octanol–water partition coefficient (Wildman–Crippen LogP) is 5.33. The molecule has 2 heterocycles. The molecule has 3 aromatic rings. The van der Waals surface area contributed by atoms with Crippen molar-refractivity contribution in [2.45, 2.75) is 12.0 Å². The largest absolute Gasteiger partial charge is 0.493 e. The number of carbonyl (C=O) groups is 2. The molecular weight excluding hydrogens is 552 g/mol. The fraction of sp³-hybridized carbons (Fsp3) is 0.290. The van der Waals surface area contributed by atoms with E-state index in [4.69, 9.17) is 44.8 Å². The third kappa shape index (κ3) is 4.80. The second-order valence-electron chi connectivity index (χ2n) is 9.83. The van der Waals surface area contributed by atoms with Gasteiger partial charge in [0.1, 0.15) is 6.10 Å². The van der Waals surface area contributed by atoms with Crippen LogP contribution >= 0.6 is 11.6 Å². The molecule has 1 aliphatic carbocycles. The highest BCUT2D eigenvalue weighted by molar-refractivity contribution is 6.30. The molecule has 10 heteroatoms. The Morgan fingerprint density at radius 1 is 0.902 bits per heavy atom. The molecule has 0 N–H and O–H groups in total. The maximum absolute atomic E-state index is 13.3. The Hall–Kier alpha value is -4.37. The van der Waals surface area contributed by atoms with Gasteiger partial charge in [-0.3, -0.25) is 4.79 Å². The summed E-state index contributed by atoms with van der Waals surface area (Å²) < 4.78 is 39.7. The lowest BCUT2D eigenvalue weighted by Gasteiger charge is -2.38. The van der Waals surface area contributed by atoms with Crippen LogP contribution in [0.4, 0.5) is 0 Å². The number of hydrogen-bond acceptors (Lipinski definition) is 9. The smallest absolute Gasteiger partial charge is 0.331 e. The van der Waals surface area contributed by atoms with Crippen LogP contribution in [0.3, 0.4) is 0 Å². The minimum Gasteiger partial charge on any atom is -0.493 e. The molecule has 0 saturated carbocycles. The first kappa shape index (κ1) is 26.8. The van der Waals surface area contributed by atoms with E-state index in [9.17, 15) is 9.59 Å². The van der Waals surface area contributed by atoms with Gasteiger partial charge in [0.05, 0.1) is 33.9 Å². The van der Waals surface area contributed by atoms with Gasteiger partial charge in [-0.1, -0.05) is 23.7 Å². The van der Waals surface area contributed by atoms with Crippen LogP contribution in [0.5, 0.6) is 28.7 Å². The van der Waals surface area contributed by atoms with Crippen LogP contribution in [-0.4, -0.2) is 46.7 Å². The van der Waals surface area contributed by atoms with Crippen LogP contribution in [0.2, 0.25) is 5.02 Å². The van der Waals surface area contributed by atoms with Gasteiger partial charge in [-0.25, -0.2) is 4.79 Å². The fourth-order valence-electron chi connectivity index (χ4n) is 5.85. The van der Waals surface area contributed by atoms with Crippen molar-refractivity contribution in [2.24, 2.45) is 11.8 Å². The zero-order valence-electron chi connectivity index (χ0n) is 22.5. The summed E-state index contributed by atoms with van der Waals surface area (Å²) in [5.74, 6) is -0.102. The molecule has 9 nitrogen and oxygen atoms in total. The number of rotatable bonds is 7. The molecule has 0 unspecified atom stereocenters. The standard InChI is InChI=1S/C31H27ClO9/c1-35-24-10-17(11-25(36-2)30(24)37-3)27-19-12-22-23(40-15-39-22)13-20(19)29(21-14-38-31(34)28(21)27)41-26(33)9-6-16-4-7-18(32)8-5-16/h4-13,21,27-29H,14-15H2,1-3H3/b9-6+/t21-,27+,28-,29-/m0/s1. The van der Waals surface area contributed by atoms with Crippen LogP contribution in [0.15, 0.2) is 54.6 Å². The SMILES string of the molecule is COc1cc([C@@H]2c3cc4c(cc3[C@H](OC(=O)/C=C/c3ccc(Cl)cc3)[C@H]3COC(=O)[C@H]23)OCO4)cc(OC)c1OC. The maximum atomic E-state index is 13.3. The summed E-state index contributed by atoms with van der Waals surface area (Å²) >= 11 is 5.97. The molecule has 3 aliphatic rings. The monoisotopic (exact) mass is 578 g/mol. The first-order chi connectivity index (χ1) is 19.9. The van der Waals surface area contributed by atoms with Gasteiger partial charge in [-0.15, -0.1) is 0 Å². The molecule has 0 spiro atoms. The summed E-state index contributed by atoms with van der Waals surface area (Å²) in [5.41, 5.74) is 3.00. The highest BCUT2D eigenvalue weighted by Crippen LogP contribution is 2.56. The van der Waals surface area contributed by atoms with E-state index >= 15 is 0 Å². The first-order valence-electron chi connectivity index (χ1n) is 13.0. The van der Waals surface area contributed by atoms with Crippen molar-refractivity contribution in [3.05, 3.63) is 81.9 Å². The van der Waals surface area contributed by atoms with Crippen molar-refractivity contribution in [3.63, 3.8) is 0 Å². The number of carbonyl (C=O) groups excluding carboxylic acids is 2. The zero-order valence-corrected chi connectivity index (χ0v) is 23.3. The van der Waals surface area contributed by atoms with Crippen molar-refractivity contribution >= 4 is 29.6 Å². The number of fused-ring (bicyclic) bond motifs is 3. The lowest BCUT2D eigenvalue weighted by molar-refractivity contribution is -0.148. The van der Waals surface area contributed by atoms with Crippen LogP contribution < -0.4 is 23.7 Å². The second-order valence-corrected chi connectivity index (χ2v) is 10.3. The van der Waals surface area contributed by atoms with Gasteiger partial charge in [0.2, 0.25) is 12.5 Å². The van der Waals surface area contributed by atoms with Crippen LogP contribution in [0, 0.1) is 11.8 Å². The molecule has 1 fully saturated rings. The van der Waals surface area contributed by atoms with E-state index in [1.54, 1.807) is 30.3 Å². The van der Waals surface area contributed by atoms with E-state index in [1.165, 1.54) is 27.4 Å². The van der Waals surface area contributed by atoms with E-state index in [-0.39, 0.29) is 19.4 Å². The summed E-state index contributed by atoms with van der Waals surface area (Å²) in [6.07, 6.45) is 2.24. The van der Waals surface area contributed by atoms with Gasteiger partial charge in [-0.2, -0.15) is 0 Å². The summed E-state index contributed by atoms with van der Waals surface area (Å²) in [5, 5.41) is 0.598. The second kappa shape index (κ2) is 10.9. The van der Waals surface area contributed by atoms with E-state index in [0.29, 0.717) is 39.3 Å². The molecule has 1 saturated heterocycles. The Bertz CT molecular complexity index is 1510. The molecule has 3 aromatic carbocycles. The van der Waals surface area contributed by atoms with E-state index in [2.05, 4.69) is 0 Å². The number of hydrogen-bond donors (Lipinski definition) is 0. The molecule has 0 radical (unpaired) electrons. The number of cyclic esters (lactones) is 1. The van der Waals surface area contributed by atoms with Gasteiger partial charge in [0.15, 0.2) is 23.0 Å². The lowest BCUT2D eigenvalue weighted by Crippen LogP contribution is -2.36. The average molecular weight is 579 g/mol. The average Bonchev–Trinajstić information content (AvgIpc) is 3.61. The van der Waals surface area contributed by atoms with Crippen molar-refractivity contribution < 1.29 is 42.7 Å². The zero-order chi connectivity index (χ0) is 28.7. The highest BCUT2D eigenvalue weighted by Gasteiger charge is 2.54. The summed E-state index contributed by atoms with van der Waals surface area (Å²) in [6, 6.07) is 14.4. The summed E-state index contributed by atoms with van der Waals surface area (Å²) in [7, 11) is 4.60. The number of methoxy groups -OCH3 is 3. The third-order valence-electron chi connectivity index (χ3n) is 7.69. The molecule has 0 bridgehead atoms. The van der Waals surface area contributed by atoms with Gasteiger partial charge >= 0.3 is 11.9 Å². The predicted molar refractivity (Wildman–Crippen MR) is 148 cm³/mol. The van der Waals surface area contributed by atoms with Gasteiger partial charge in [0.25, 0.3) is 0 Å². The van der Waals surface area contributed by atoms with Crippen molar-refractivity contribution in [2.75, 3.05) is 34.7 Å². The van der Waals surface area contributed by atoms with E-state index in [1.807, 2.05) is 24.3 Å². The van der Waals surface area contributed by atoms with Gasteiger partial charge in [-0.05, 0) is 59.2 Å². The number of benzene rings is 3. The summed E-state index contributed by atoms with van der Waals surface area (Å²) in [6.45, 7) is 0.160. The highest BCUT2D eigenvalue weighted by atomic mass is 35.5. The van der Waals surface area contributed by atoms with Crippen molar-refractivity contribution in [3.8, 4) is 28.7 Å². The van der Waals surface area contributed by atoms with Gasteiger partial charge < -0.3 is 33.2 Å². The Morgan fingerprint density at radius 2 is 1.56 bits per heavy atom. The molecular formula is C31H27ClO9. The van der Waals surface area contributed by atoms with Gasteiger partial charge in [0, 0.05) is 28.5 Å². The molecule has 0 aromatic heterocycles. The number of esters is 2. The van der Waals surface area contributed by atoms with E-state index in [0.717, 1.165) is 16.7 Å². The fourth-order valence-corrected chi connectivity index (χ4v) is 5.97. The van der Waals surface area contributed by atoms with E-state index < -0.39 is 29.8 Å². The third-order valence-corrected chi connectivity index (χ3v) is 7.94. The minimum absolute atomic E-state index is 0.0657. The Morgan fingerprint density at radius 3 is 2.20 bits per heavy atom. The van der Waals surface area contributed by atoms with Crippen LogP contribution in [-0.2, 0) is 19.1 Å². The lowest BCUT2D eigenvalue weighted by atomic mass is 9.66. The Kier molecular flexibility index (Phi) is 7.13. The van der Waals surface area contributed by atoms with Crippen LogP contribution in [0.1, 0.15) is 34.3 Å². The molecule has 212 valence electrons. The molecule has 4 atom stereocenters. The van der Waals surface area contributed by atoms with Crippen LogP contribution in [0.25, 0.3) is 6.08 Å². The molecule has 6 rings (SSSR count). The minimum atomic E-state index is -0.767. The summed E-state index contributed by atoms with van der Waals surface area (Å²) in [4.78, 5) is 26.4. The maximum Gasteiger partial charge on any atom is 0.331 e. The normalized spacial score (nSPS) is 22.1. The number of ether oxygens (including phenoxy) is 7. The quantitative estimate of drug-likeness (QED) is 0.272. The topological polar surface area (TPSA) is 98.8 Å². The Balaban J connectivity index is 1.44. The van der Waals surface area contributed by atoms with Crippen molar-refractivity contribution in [1.82, 2.24) is 0 Å². The molecule has 0 amide bonds.